The number of ether oxygens (including phenoxy) is 1. The summed E-state index contributed by atoms with van der Waals surface area (Å²) in [7, 11) is 0. The Morgan fingerprint density at radius 1 is 0.969 bits per heavy atom. The largest absolute Gasteiger partial charge is 0.486 e. The van der Waals surface area contributed by atoms with E-state index >= 15 is 0 Å². The van der Waals surface area contributed by atoms with Crippen molar-refractivity contribution in [2.45, 2.75) is 20.1 Å². The molecule has 2 amide bonds. The molecule has 0 spiro atoms. The van der Waals surface area contributed by atoms with Gasteiger partial charge in [0, 0.05) is 18.9 Å². The minimum absolute atomic E-state index is 0.119. The van der Waals surface area contributed by atoms with Crippen molar-refractivity contribution in [3.63, 3.8) is 0 Å². The van der Waals surface area contributed by atoms with Gasteiger partial charge in [-0.1, -0.05) is 48.5 Å². The summed E-state index contributed by atoms with van der Waals surface area (Å²) in [6, 6.07) is 20.5. The van der Waals surface area contributed by atoms with Gasteiger partial charge in [-0.2, -0.15) is 0 Å². The van der Waals surface area contributed by atoms with Gasteiger partial charge in [-0.25, -0.2) is 4.98 Å². The molecule has 0 fully saturated rings. The van der Waals surface area contributed by atoms with E-state index in [1.54, 1.807) is 24.3 Å². The second-order valence-corrected chi connectivity index (χ2v) is 7.38. The van der Waals surface area contributed by atoms with Gasteiger partial charge >= 0.3 is 0 Å². The molecule has 0 atom stereocenters. The Hall–Kier alpha value is -4.13. The lowest BCUT2D eigenvalue weighted by Gasteiger charge is -2.11. The summed E-state index contributed by atoms with van der Waals surface area (Å²) in [6.07, 6.45) is 3.84. The molecule has 2 aromatic carbocycles. The van der Waals surface area contributed by atoms with E-state index in [1.165, 1.54) is 0 Å². The fourth-order valence-corrected chi connectivity index (χ4v) is 3.32. The van der Waals surface area contributed by atoms with E-state index in [0.717, 1.165) is 22.5 Å². The van der Waals surface area contributed by atoms with Crippen molar-refractivity contribution in [2.24, 2.45) is 0 Å². The van der Waals surface area contributed by atoms with Crippen LogP contribution in [0, 0.1) is 6.92 Å². The highest BCUT2D eigenvalue weighted by Gasteiger charge is 2.14. The summed E-state index contributed by atoms with van der Waals surface area (Å²) in [5.74, 6) is -0.203. The number of fused-ring (bicyclic) bond motifs is 1. The molecule has 162 valence electrons. The number of carbonyl (C=O) groups is 2. The third-order valence-corrected chi connectivity index (χ3v) is 4.98. The number of para-hydroxylation sites is 1. The van der Waals surface area contributed by atoms with Gasteiger partial charge in [0.05, 0.1) is 17.8 Å². The highest BCUT2D eigenvalue weighted by atomic mass is 16.5. The number of aromatic nitrogens is 2. The molecule has 0 unspecified atom stereocenters. The first-order valence-electron chi connectivity index (χ1n) is 10.3. The summed E-state index contributed by atoms with van der Waals surface area (Å²) >= 11 is 0. The molecule has 0 bridgehead atoms. The fraction of sp³-hybridized carbons (Fsp3) is 0.160. The number of aryl methyl sites for hydroxylation is 1. The van der Waals surface area contributed by atoms with Gasteiger partial charge in [0.15, 0.2) is 0 Å². The zero-order chi connectivity index (χ0) is 22.3. The molecular weight excluding hydrogens is 404 g/mol. The van der Waals surface area contributed by atoms with E-state index in [1.807, 2.05) is 66.2 Å². The number of pyridine rings is 1. The predicted octanol–water partition coefficient (Wildman–Crippen LogP) is 3.27. The summed E-state index contributed by atoms with van der Waals surface area (Å²) < 4.78 is 7.83. The summed E-state index contributed by atoms with van der Waals surface area (Å²) in [5, 5.41) is 5.44. The van der Waals surface area contributed by atoms with Crippen LogP contribution in [0.25, 0.3) is 5.65 Å². The van der Waals surface area contributed by atoms with Crippen LogP contribution in [0.15, 0.2) is 79.1 Å². The second-order valence-electron chi connectivity index (χ2n) is 7.38. The van der Waals surface area contributed by atoms with Crippen LogP contribution in [0.1, 0.15) is 27.2 Å². The molecule has 7 nitrogen and oxygen atoms in total. The van der Waals surface area contributed by atoms with Crippen molar-refractivity contribution >= 4 is 17.5 Å². The average Bonchev–Trinajstić information content (AvgIpc) is 3.25. The minimum Gasteiger partial charge on any atom is -0.486 e. The number of rotatable bonds is 8. The molecular formula is C25H24N4O3. The van der Waals surface area contributed by atoms with E-state index in [-0.39, 0.29) is 25.0 Å². The maximum absolute atomic E-state index is 12.7. The standard InChI is InChI=1S/C25H24N4O3/c1-18-8-7-13-29-16-20(28-24(18)29)17-32-22-12-6-5-11-21(22)25(31)27-15-23(30)26-14-19-9-3-2-4-10-19/h2-13,16H,14-15,17H2,1H3,(H,26,30)(H,27,31). The molecule has 0 radical (unpaired) electrons. The summed E-state index contributed by atoms with van der Waals surface area (Å²) in [5.41, 5.74) is 4.06. The Morgan fingerprint density at radius 2 is 1.75 bits per heavy atom. The average molecular weight is 428 g/mol. The van der Waals surface area contributed by atoms with Crippen molar-refractivity contribution < 1.29 is 14.3 Å². The third kappa shape index (κ3) is 5.13. The van der Waals surface area contributed by atoms with Crippen molar-refractivity contribution in [2.75, 3.05) is 6.54 Å². The van der Waals surface area contributed by atoms with Crippen molar-refractivity contribution in [3.05, 3.63) is 102 Å². The molecule has 7 heteroatoms. The molecule has 0 aliphatic rings. The molecule has 2 N–H and O–H groups in total. The first-order chi connectivity index (χ1) is 15.6. The molecule has 2 aromatic heterocycles. The molecule has 0 saturated carbocycles. The molecule has 2 heterocycles. The van der Waals surface area contributed by atoms with E-state index in [4.69, 9.17) is 4.74 Å². The van der Waals surface area contributed by atoms with Crippen LogP contribution < -0.4 is 15.4 Å². The zero-order valence-electron chi connectivity index (χ0n) is 17.7. The first-order valence-corrected chi connectivity index (χ1v) is 10.3. The smallest absolute Gasteiger partial charge is 0.255 e. The SMILES string of the molecule is Cc1cccn2cc(COc3ccccc3C(=O)NCC(=O)NCc3ccccc3)nc12. The van der Waals surface area contributed by atoms with Gasteiger partial charge in [-0.3, -0.25) is 9.59 Å². The number of carbonyl (C=O) groups excluding carboxylic acids is 2. The van der Waals surface area contributed by atoms with Crippen LogP contribution in [-0.2, 0) is 17.9 Å². The molecule has 4 aromatic rings. The molecule has 0 saturated heterocycles. The number of nitrogens with one attached hydrogen (secondary N) is 2. The normalized spacial score (nSPS) is 10.7. The maximum atomic E-state index is 12.7. The monoisotopic (exact) mass is 428 g/mol. The van der Waals surface area contributed by atoms with Crippen molar-refractivity contribution in [1.29, 1.82) is 0 Å². The Balaban J connectivity index is 1.34. The van der Waals surface area contributed by atoms with Gasteiger partial charge in [-0.15, -0.1) is 0 Å². The van der Waals surface area contributed by atoms with E-state index < -0.39 is 0 Å². The lowest BCUT2D eigenvalue weighted by Crippen LogP contribution is -2.36. The number of imidazole rings is 1. The minimum atomic E-state index is -0.374. The van der Waals surface area contributed by atoms with Crippen LogP contribution in [0.3, 0.4) is 0 Å². The van der Waals surface area contributed by atoms with Crippen LogP contribution in [0.5, 0.6) is 5.75 Å². The molecule has 32 heavy (non-hydrogen) atoms. The third-order valence-electron chi connectivity index (χ3n) is 4.98. The first kappa shape index (κ1) is 21.1. The van der Waals surface area contributed by atoms with Crippen molar-refractivity contribution in [1.82, 2.24) is 20.0 Å². The van der Waals surface area contributed by atoms with Gasteiger partial charge in [0.1, 0.15) is 18.0 Å². The van der Waals surface area contributed by atoms with Crippen LogP contribution in [0.2, 0.25) is 0 Å². The highest BCUT2D eigenvalue weighted by molar-refractivity contribution is 5.98. The zero-order valence-corrected chi connectivity index (χ0v) is 17.7. The molecule has 0 aliphatic heterocycles. The Kier molecular flexibility index (Phi) is 6.46. The number of hydrogen-bond donors (Lipinski definition) is 2. The Morgan fingerprint density at radius 3 is 2.56 bits per heavy atom. The number of nitrogens with zero attached hydrogens (tertiary/aromatic N) is 2. The quantitative estimate of drug-likeness (QED) is 0.451. The summed E-state index contributed by atoms with van der Waals surface area (Å²) in [6.45, 7) is 2.52. The van der Waals surface area contributed by atoms with Crippen LogP contribution >= 0.6 is 0 Å². The fourth-order valence-electron chi connectivity index (χ4n) is 3.32. The predicted molar refractivity (Wildman–Crippen MR) is 121 cm³/mol. The number of amides is 2. The van der Waals surface area contributed by atoms with E-state index in [2.05, 4.69) is 15.6 Å². The van der Waals surface area contributed by atoms with Gasteiger partial charge in [0.2, 0.25) is 5.91 Å². The van der Waals surface area contributed by atoms with Gasteiger partial charge in [0.25, 0.3) is 5.91 Å². The van der Waals surface area contributed by atoms with Crippen LogP contribution in [0.4, 0.5) is 0 Å². The molecule has 4 rings (SSSR count). The Labute approximate surface area is 186 Å². The van der Waals surface area contributed by atoms with Gasteiger partial charge in [-0.05, 0) is 36.2 Å². The number of hydrogen-bond acceptors (Lipinski definition) is 4. The second kappa shape index (κ2) is 9.78. The lowest BCUT2D eigenvalue weighted by molar-refractivity contribution is -0.120. The van der Waals surface area contributed by atoms with E-state index in [0.29, 0.717) is 17.9 Å². The van der Waals surface area contributed by atoms with E-state index in [9.17, 15) is 9.59 Å². The highest BCUT2D eigenvalue weighted by Crippen LogP contribution is 2.20. The Bertz CT molecular complexity index is 1230. The van der Waals surface area contributed by atoms with Crippen molar-refractivity contribution in [3.8, 4) is 5.75 Å². The van der Waals surface area contributed by atoms with Gasteiger partial charge < -0.3 is 19.8 Å². The molecule has 0 aliphatic carbocycles. The topological polar surface area (TPSA) is 84.7 Å². The summed E-state index contributed by atoms with van der Waals surface area (Å²) in [4.78, 5) is 29.3. The maximum Gasteiger partial charge on any atom is 0.255 e. The lowest BCUT2D eigenvalue weighted by atomic mass is 10.2. The number of benzene rings is 2. The van der Waals surface area contributed by atoms with Crippen LogP contribution in [-0.4, -0.2) is 27.7 Å².